The van der Waals surface area contributed by atoms with Gasteiger partial charge in [0.1, 0.15) is 11.5 Å². The van der Waals surface area contributed by atoms with Crippen molar-refractivity contribution in [2.45, 2.75) is 51.6 Å². The molecule has 0 aliphatic heterocycles. The van der Waals surface area contributed by atoms with Gasteiger partial charge in [0.05, 0.1) is 26.2 Å². The van der Waals surface area contributed by atoms with E-state index in [0.29, 0.717) is 17.9 Å². The number of ether oxygens (including phenoxy) is 2. The van der Waals surface area contributed by atoms with Crippen molar-refractivity contribution in [2.24, 2.45) is 5.92 Å². The Bertz CT molecular complexity index is 1070. The van der Waals surface area contributed by atoms with Crippen LogP contribution in [0.1, 0.15) is 59.6 Å². The molecule has 3 aromatic rings. The molecule has 5 heteroatoms. The molecule has 3 atom stereocenters. The molecular weight excluding hydrogens is 440 g/mol. The fraction of sp³-hybridized carbons (Fsp3) is 0.367. The number of aliphatic carboxylic acids is 1. The first-order valence-electron chi connectivity index (χ1n) is 12.1. The number of hydrogen-bond acceptors (Lipinski definition) is 4. The van der Waals surface area contributed by atoms with Gasteiger partial charge in [-0.2, -0.15) is 0 Å². The second-order valence-electron chi connectivity index (χ2n) is 9.14. The van der Waals surface area contributed by atoms with Gasteiger partial charge >= 0.3 is 5.97 Å². The fourth-order valence-corrected chi connectivity index (χ4v) is 4.52. The molecule has 0 aromatic heterocycles. The first-order chi connectivity index (χ1) is 16.8. The van der Waals surface area contributed by atoms with E-state index in [4.69, 9.17) is 9.47 Å². The Labute approximate surface area is 208 Å². The third-order valence-electron chi connectivity index (χ3n) is 6.79. The van der Waals surface area contributed by atoms with Crippen LogP contribution in [0.25, 0.3) is 0 Å². The van der Waals surface area contributed by atoms with E-state index in [-0.39, 0.29) is 5.92 Å². The highest BCUT2D eigenvalue weighted by Gasteiger charge is 2.24. The molecule has 1 unspecified atom stereocenters. The Morgan fingerprint density at radius 3 is 2.03 bits per heavy atom. The van der Waals surface area contributed by atoms with Crippen LogP contribution in [0.3, 0.4) is 0 Å². The maximum Gasteiger partial charge on any atom is 0.310 e. The van der Waals surface area contributed by atoms with Crippen LogP contribution in [0, 0.1) is 12.8 Å². The number of aliphatic hydroxyl groups is 1. The molecule has 0 radical (unpaired) electrons. The molecule has 0 aliphatic carbocycles. The van der Waals surface area contributed by atoms with Crippen molar-refractivity contribution in [2.75, 3.05) is 14.2 Å². The molecule has 5 nitrogen and oxygen atoms in total. The van der Waals surface area contributed by atoms with E-state index in [1.54, 1.807) is 21.1 Å². The second-order valence-corrected chi connectivity index (χ2v) is 9.14. The van der Waals surface area contributed by atoms with Crippen LogP contribution in [-0.4, -0.2) is 30.4 Å². The first kappa shape index (κ1) is 26.3. The molecule has 0 amide bonds. The highest BCUT2D eigenvalue weighted by molar-refractivity contribution is 5.75. The van der Waals surface area contributed by atoms with E-state index in [1.165, 1.54) is 5.56 Å². The van der Waals surface area contributed by atoms with E-state index in [2.05, 4.69) is 12.1 Å². The Kier molecular flexibility index (Phi) is 9.32. The maximum absolute atomic E-state index is 11.5. The van der Waals surface area contributed by atoms with Gasteiger partial charge in [-0.3, -0.25) is 4.79 Å². The van der Waals surface area contributed by atoms with Gasteiger partial charge in [-0.25, -0.2) is 0 Å². The van der Waals surface area contributed by atoms with Crippen LogP contribution in [0.4, 0.5) is 0 Å². The lowest BCUT2D eigenvalue weighted by atomic mass is 9.84. The second kappa shape index (κ2) is 12.4. The summed E-state index contributed by atoms with van der Waals surface area (Å²) in [7, 11) is 3.24. The van der Waals surface area contributed by atoms with Crippen molar-refractivity contribution in [1.29, 1.82) is 0 Å². The topological polar surface area (TPSA) is 76.0 Å². The van der Waals surface area contributed by atoms with Crippen molar-refractivity contribution >= 4 is 5.97 Å². The molecule has 2 N–H and O–H groups in total. The summed E-state index contributed by atoms with van der Waals surface area (Å²) in [6, 6.07) is 21.9. The van der Waals surface area contributed by atoms with Crippen molar-refractivity contribution in [3.05, 3.63) is 94.5 Å². The van der Waals surface area contributed by atoms with Crippen molar-refractivity contribution in [3.63, 3.8) is 0 Å². The Hall–Kier alpha value is -3.31. The van der Waals surface area contributed by atoms with Crippen LogP contribution < -0.4 is 9.47 Å². The first-order valence-corrected chi connectivity index (χ1v) is 12.1. The van der Waals surface area contributed by atoms with Crippen LogP contribution in [0.5, 0.6) is 11.5 Å². The lowest BCUT2D eigenvalue weighted by Crippen LogP contribution is -2.17. The third-order valence-corrected chi connectivity index (χ3v) is 6.79. The summed E-state index contributed by atoms with van der Waals surface area (Å²) in [6.07, 6.45) is 2.70. The third kappa shape index (κ3) is 6.86. The monoisotopic (exact) mass is 476 g/mol. The smallest absolute Gasteiger partial charge is 0.310 e. The highest BCUT2D eigenvalue weighted by Crippen LogP contribution is 2.37. The summed E-state index contributed by atoms with van der Waals surface area (Å²) >= 11 is 0. The molecule has 0 spiro atoms. The largest absolute Gasteiger partial charge is 0.496 e. The molecule has 0 bridgehead atoms. The normalized spacial score (nSPS) is 13.6. The lowest BCUT2D eigenvalue weighted by molar-refractivity contribution is -0.138. The van der Waals surface area contributed by atoms with Gasteiger partial charge in [-0.1, -0.05) is 54.6 Å². The van der Waals surface area contributed by atoms with Gasteiger partial charge < -0.3 is 19.7 Å². The van der Waals surface area contributed by atoms with E-state index in [9.17, 15) is 15.0 Å². The van der Waals surface area contributed by atoms with Gasteiger partial charge in [-0.15, -0.1) is 0 Å². The fourth-order valence-electron chi connectivity index (χ4n) is 4.52. The molecular formula is C30H36O5. The minimum absolute atomic E-state index is 0.0291. The predicted octanol–water partition coefficient (Wildman–Crippen LogP) is 6.12. The molecule has 0 fully saturated rings. The molecule has 3 aromatic carbocycles. The van der Waals surface area contributed by atoms with Gasteiger partial charge in [0.15, 0.2) is 0 Å². The number of methoxy groups -OCH3 is 2. The highest BCUT2D eigenvalue weighted by atomic mass is 16.5. The van der Waals surface area contributed by atoms with E-state index in [1.807, 2.05) is 61.5 Å². The van der Waals surface area contributed by atoms with E-state index >= 15 is 0 Å². The Balaban J connectivity index is 1.83. The van der Waals surface area contributed by atoms with Gasteiger partial charge in [0.2, 0.25) is 0 Å². The standard InChI is InChI=1S/C30H36O5/c1-20(30(32)33)24-15-13-23(14-16-24)17-25(12-8-11-22-9-6-5-7-10-22)29(31)26-18-27(34-3)21(2)28(19-26)35-4/h5-7,9-10,13-16,18-20,25,29,31H,8,11-12,17H2,1-4H3,(H,32,33)/t20?,25-,29+/m1/s1. The Morgan fingerprint density at radius 2 is 1.49 bits per heavy atom. The molecule has 0 aliphatic rings. The maximum atomic E-state index is 11.5. The average Bonchev–Trinajstić information content (AvgIpc) is 2.88. The van der Waals surface area contributed by atoms with Gasteiger partial charge in [0.25, 0.3) is 0 Å². The SMILES string of the molecule is COc1cc([C@@H](O)[C@H](CCCc2ccccc2)Cc2ccc(C(C)C(=O)O)cc2)cc(OC)c1C. The minimum Gasteiger partial charge on any atom is -0.496 e. The molecule has 0 heterocycles. The zero-order chi connectivity index (χ0) is 25.4. The summed E-state index contributed by atoms with van der Waals surface area (Å²) in [5, 5.41) is 20.8. The lowest BCUT2D eigenvalue weighted by Gasteiger charge is -2.25. The number of carboxylic acid groups (broad SMARTS) is 1. The predicted molar refractivity (Wildman–Crippen MR) is 138 cm³/mol. The number of rotatable bonds is 12. The number of carboxylic acids is 1. The van der Waals surface area contributed by atoms with E-state index in [0.717, 1.165) is 41.5 Å². The number of aliphatic hydroxyl groups excluding tert-OH is 1. The van der Waals surface area contributed by atoms with Crippen molar-refractivity contribution in [1.82, 2.24) is 0 Å². The van der Waals surface area contributed by atoms with Crippen LogP contribution in [-0.2, 0) is 17.6 Å². The molecule has 186 valence electrons. The van der Waals surface area contributed by atoms with E-state index < -0.39 is 18.0 Å². The average molecular weight is 477 g/mol. The zero-order valence-corrected chi connectivity index (χ0v) is 21.0. The molecule has 3 rings (SSSR count). The van der Waals surface area contributed by atoms with Crippen LogP contribution in [0.15, 0.2) is 66.7 Å². The van der Waals surface area contributed by atoms with Crippen LogP contribution >= 0.6 is 0 Å². The van der Waals surface area contributed by atoms with Gasteiger partial charge in [0, 0.05) is 5.56 Å². The number of hydrogen-bond donors (Lipinski definition) is 2. The number of aryl methyl sites for hydroxylation is 1. The van der Waals surface area contributed by atoms with Crippen LogP contribution in [0.2, 0.25) is 0 Å². The summed E-state index contributed by atoms with van der Waals surface area (Å²) in [5.41, 5.74) is 4.79. The number of benzene rings is 3. The zero-order valence-electron chi connectivity index (χ0n) is 21.0. The summed E-state index contributed by atoms with van der Waals surface area (Å²) in [6.45, 7) is 3.62. The summed E-state index contributed by atoms with van der Waals surface area (Å²) in [4.78, 5) is 11.3. The minimum atomic E-state index is -0.839. The molecule has 0 saturated heterocycles. The molecule has 35 heavy (non-hydrogen) atoms. The van der Waals surface area contributed by atoms with Gasteiger partial charge in [-0.05, 0) is 79.8 Å². The quantitative estimate of drug-likeness (QED) is 0.330. The molecule has 0 saturated carbocycles. The van der Waals surface area contributed by atoms with Crippen molar-refractivity contribution in [3.8, 4) is 11.5 Å². The summed E-state index contributed by atoms with van der Waals surface area (Å²) < 4.78 is 11.1. The Morgan fingerprint density at radius 1 is 0.886 bits per heavy atom. The number of carbonyl (C=O) groups is 1. The van der Waals surface area contributed by atoms with Crippen molar-refractivity contribution < 1.29 is 24.5 Å². The summed E-state index contributed by atoms with van der Waals surface area (Å²) in [5.74, 6) is -0.0431.